The number of carbonyl (C=O) groups excluding carboxylic acids is 1. The van der Waals surface area contributed by atoms with Crippen molar-refractivity contribution in [1.82, 2.24) is 0 Å². The maximum Gasteiger partial charge on any atom is 0.323 e. The number of hydrogen-bond donors (Lipinski definition) is 3. The molecule has 0 radical (unpaired) electrons. The molecule has 0 aromatic rings. The zero-order valence-corrected chi connectivity index (χ0v) is 10.5. The van der Waals surface area contributed by atoms with Crippen molar-refractivity contribution < 1.29 is 29.6 Å². The lowest BCUT2D eigenvalue weighted by molar-refractivity contribution is -0.171. The first-order valence-electron chi connectivity index (χ1n) is 5.75. The molecule has 0 aliphatic heterocycles. The van der Waals surface area contributed by atoms with Gasteiger partial charge in [-0.1, -0.05) is 19.4 Å². The van der Waals surface area contributed by atoms with Crippen LogP contribution >= 0.6 is 0 Å². The third-order valence-electron chi connectivity index (χ3n) is 2.59. The van der Waals surface area contributed by atoms with Crippen molar-refractivity contribution in [3.63, 3.8) is 0 Å². The van der Waals surface area contributed by atoms with Crippen molar-refractivity contribution in [1.29, 1.82) is 0 Å². The monoisotopic (exact) mass is 260 g/mol. The van der Waals surface area contributed by atoms with Crippen molar-refractivity contribution in [2.24, 2.45) is 5.41 Å². The summed E-state index contributed by atoms with van der Waals surface area (Å²) in [5.74, 6) is -2.18. The third-order valence-corrected chi connectivity index (χ3v) is 2.59. The van der Waals surface area contributed by atoms with E-state index in [0.29, 0.717) is 6.42 Å². The van der Waals surface area contributed by atoms with E-state index in [9.17, 15) is 14.7 Å². The van der Waals surface area contributed by atoms with E-state index in [0.717, 1.165) is 0 Å². The number of aliphatic hydroxyl groups is 2. The molecule has 0 spiro atoms. The fourth-order valence-corrected chi connectivity index (χ4v) is 1.60. The molecular formula is C12H20O6. The summed E-state index contributed by atoms with van der Waals surface area (Å²) >= 11 is 0. The Hall–Kier alpha value is -1.40. The van der Waals surface area contributed by atoms with Crippen LogP contribution in [0.1, 0.15) is 26.2 Å². The van der Waals surface area contributed by atoms with Crippen LogP contribution in [0.2, 0.25) is 0 Å². The maximum atomic E-state index is 11.9. The molecule has 2 atom stereocenters. The van der Waals surface area contributed by atoms with E-state index in [1.165, 1.54) is 6.08 Å². The summed E-state index contributed by atoms with van der Waals surface area (Å²) in [6.07, 6.45) is 0.739. The van der Waals surface area contributed by atoms with Gasteiger partial charge in [0.2, 0.25) is 0 Å². The number of allylic oxidation sites excluding steroid dienone is 1. The molecular weight excluding hydrogens is 240 g/mol. The normalized spacial score (nSPS) is 15.5. The van der Waals surface area contributed by atoms with Crippen LogP contribution in [0.5, 0.6) is 0 Å². The second kappa shape index (κ2) is 7.84. The van der Waals surface area contributed by atoms with E-state index in [2.05, 4.69) is 6.58 Å². The van der Waals surface area contributed by atoms with Crippen LogP contribution in [-0.2, 0) is 14.3 Å². The molecule has 0 aromatic heterocycles. The van der Waals surface area contributed by atoms with Crippen molar-refractivity contribution in [2.45, 2.75) is 32.3 Å². The molecule has 18 heavy (non-hydrogen) atoms. The van der Waals surface area contributed by atoms with Gasteiger partial charge in [0.25, 0.3) is 0 Å². The van der Waals surface area contributed by atoms with E-state index >= 15 is 0 Å². The molecule has 0 saturated heterocycles. The Balaban J connectivity index is 4.87. The number of rotatable bonds is 9. The molecule has 6 nitrogen and oxygen atoms in total. The van der Waals surface area contributed by atoms with E-state index in [-0.39, 0.29) is 12.8 Å². The van der Waals surface area contributed by atoms with Crippen LogP contribution < -0.4 is 0 Å². The molecule has 0 amide bonds. The maximum absolute atomic E-state index is 11.9. The summed E-state index contributed by atoms with van der Waals surface area (Å²) in [6.45, 7) is 4.23. The Bertz CT molecular complexity index is 301. The molecule has 0 fully saturated rings. The molecule has 0 aliphatic carbocycles. The fraction of sp³-hybridized carbons (Fsp3) is 0.667. The number of carboxylic acids is 1. The number of aliphatic hydroxyl groups excluding tert-OH is 2. The van der Waals surface area contributed by atoms with Crippen LogP contribution in [0.15, 0.2) is 12.7 Å². The van der Waals surface area contributed by atoms with Crippen LogP contribution in [0.25, 0.3) is 0 Å². The second-order valence-corrected chi connectivity index (χ2v) is 4.06. The van der Waals surface area contributed by atoms with Gasteiger partial charge in [-0.25, -0.2) is 0 Å². The Kier molecular flexibility index (Phi) is 7.23. The summed E-state index contributed by atoms with van der Waals surface area (Å²) in [5, 5.41) is 26.9. The number of aliphatic carboxylic acids is 1. The number of ether oxygens (including phenoxy) is 1. The molecule has 2 unspecified atom stereocenters. The van der Waals surface area contributed by atoms with Gasteiger partial charge in [0.1, 0.15) is 12.7 Å². The van der Waals surface area contributed by atoms with E-state index in [1.807, 2.05) is 0 Å². The lowest BCUT2D eigenvalue weighted by Crippen LogP contribution is -2.41. The van der Waals surface area contributed by atoms with Gasteiger partial charge in [0, 0.05) is 0 Å². The van der Waals surface area contributed by atoms with Gasteiger partial charge in [-0.15, -0.1) is 6.58 Å². The highest BCUT2D eigenvalue weighted by molar-refractivity contribution is 5.99. The van der Waals surface area contributed by atoms with Crippen LogP contribution in [0.3, 0.4) is 0 Å². The second-order valence-electron chi connectivity index (χ2n) is 4.06. The van der Waals surface area contributed by atoms with Crippen molar-refractivity contribution >= 4 is 11.9 Å². The first-order valence-corrected chi connectivity index (χ1v) is 5.75. The molecule has 6 heteroatoms. The highest BCUT2D eigenvalue weighted by Crippen LogP contribution is 2.31. The molecule has 0 saturated carbocycles. The molecule has 0 heterocycles. The first-order chi connectivity index (χ1) is 8.44. The van der Waals surface area contributed by atoms with Crippen LogP contribution in [-0.4, -0.2) is 46.6 Å². The van der Waals surface area contributed by atoms with Gasteiger partial charge < -0.3 is 20.1 Å². The van der Waals surface area contributed by atoms with E-state index in [1.54, 1.807) is 6.92 Å². The summed E-state index contributed by atoms with van der Waals surface area (Å²) in [6, 6.07) is 0. The number of esters is 1. The molecule has 104 valence electrons. The van der Waals surface area contributed by atoms with Gasteiger partial charge in [0.05, 0.1) is 6.61 Å². The minimum Gasteiger partial charge on any atom is -0.480 e. The van der Waals surface area contributed by atoms with Gasteiger partial charge in [-0.3, -0.25) is 9.59 Å². The Morgan fingerprint density at radius 3 is 2.50 bits per heavy atom. The number of hydrogen-bond acceptors (Lipinski definition) is 5. The highest BCUT2D eigenvalue weighted by Gasteiger charge is 2.46. The minimum atomic E-state index is -1.66. The average Bonchev–Trinajstić information content (AvgIpc) is 2.34. The Morgan fingerprint density at radius 2 is 2.11 bits per heavy atom. The van der Waals surface area contributed by atoms with Gasteiger partial charge >= 0.3 is 11.9 Å². The molecule has 0 bridgehead atoms. The average molecular weight is 260 g/mol. The minimum absolute atomic E-state index is 0.0375. The zero-order chi connectivity index (χ0) is 14.2. The van der Waals surface area contributed by atoms with E-state index < -0.39 is 36.7 Å². The topological polar surface area (TPSA) is 104 Å². The van der Waals surface area contributed by atoms with Crippen molar-refractivity contribution in [3.05, 3.63) is 12.7 Å². The van der Waals surface area contributed by atoms with Crippen LogP contribution in [0, 0.1) is 5.41 Å². The first kappa shape index (κ1) is 16.6. The highest BCUT2D eigenvalue weighted by atomic mass is 16.5. The lowest BCUT2D eigenvalue weighted by atomic mass is 9.80. The molecule has 3 N–H and O–H groups in total. The van der Waals surface area contributed by atoms with Gasteiger partial charge in [-0.2, -0.15) is 0 Å². The smallest absolute Gasteiger partial charge is 0.323 e. The molecule has 0 aromatic carbocycles. The Morgan fingerprint density at radius 1 is 1.50 bits per heavy atom. The van der Waals surface area contributed by atoms with Crippen LogP contribution in [0.4, 0.5) is 0 Å². The zero-order valence-electron chi connectivity index (χ0n) is 10.5. The fourth-order valence-electron chi connectivity index (χ4n) is 1.60. The summed E-state index contributed by atoms with van der Waals surface area (Å²) < 4.78 is 4.75. The van der Waals surface area contributed by atoms with Gasteiger partial charge in [0.15, 0.2) is 5.41 Å². The summed E-state index contributed by atoms with van der Waals surface area (Å²) in [7, 11) is 0. The summed E-state index contributed by atoms with van der Waals surface area (Å²) in [5.41, 5.74) is -1.66. The predicted molar refractivity (Wildman–Crippen MR) is 63.8 cm³/mol. The quantitative estimate of drug-likeness (QED) is 0.313. The van der Waals surface area contributed by atoms with Gasteiger partial charge in [-0.05, 0) is 12.8 Å². The van der Waals surface area contributed by atoms with Crippen molar-refractivity contribution in [3.8, 4) is 0 Å². The standard InChI is InChI=1S/C12H20O6/c1-3-5-12(6-4-2,10(15)16)11(17)18-8-9(14)7-13/h3,9,13-14H,1,4-8H2,2H3,(H,15,16). The number of carboxylic acid groups (broad SMARTS) is 1. The molecule has 0 aliphatic rings. The Labute approximate surface area is 106 Å². The SMILES string of the molecule is C=CCC(CCC)(C(=O)O)C(=O)OCC(O)CO. The van der Waals surface area contributed by atoms with E-state index in [4.69, 9.17) is 14.9 Å². The lowest BCUT2D eigenvalue weighted by Gasteiger charge is -2.26. The predicted octanol–water partition coefficient (Wildman–Crippen LogP) is 0.330. The summed E-state index contributed by atoms with van der Waals surface area (Å²) in [4.78, 5) is 23.2. The molecule has 0 rings (SSSR count). The largest absolute Gasteiger partial charge is 0.480 e. The van der Waals surface area contributed by atoms with Crippen molar-refractivity contribution in [2.75, 3.05) is 13.2 Å². The number of carbonyl (C=O) groups is 2. The third kappa shape index (κ3) is 4.12.